The van der Waals surface area contributed by atoms with E-state index in [4.69, 9.17) is 4.84 Å². The summed E-state index contributed by atoms with van der Waals surface area (Å²) < 4.78 is 0. The van der Waals surface area contributed by atoms with Crippen LogP contribution in [-0.4, -0.2) is 22.0 Å². The molecule has 0 aliphatic rings. The van der Waals surface area contributed by atoms with Gasteiger partial charge in [-0.2, -0.15) is 0 Å². The summed E-state index contributed by atoms with van der Waals surface area (Å²) in [5, 5.41) is 17.1. The number of nitrogens with zero attached hydrogens (tertiary/aromatic N) is 3. The van der Waals surface area contributed by atoms with Crippen molar-refractivity contribution in [1.29, 1.82) is 0 Å². The van der Waals surface area contributed by atoms with E-state index in [0.29, 0.717) is 12.1 Å². The number of nitrogens with one attached hydrogen (secondary N) is 1. The van der Waals surface area contributed by atoms with Gasteiger partial charge < -0.3 is 10.2 Å². The number of anilines is 1. The van der Waals surface area contributed by atoms with E-state index < -0.39 is 4.92 Å². The molecule has 0 spiro atoms. The van der Waals surface area contributed by atoms with Gasteiger partial charge in [0.05, 0.1) is 22.4 Å². The summed E-state index contributed by atoms with van der Waals surface area (Å²) in [4.78, 5) is 29.9. The van der Waals surface area contributed by atoms with E-state index >= 15 is 0 Å². The van der Waals surface area contributed by atoms with Crippen LogP contribution in [0, 0.1) is 10.1 Å². The number of hydrogen-bond donors (Lipinski definition) is 1. The summed E-state index contributed by atoms with van der Waals surface area (Å²) in [5.74, 6) is 0.141. The molecule has 8 nitrogen and oxygen atoms in total. The molecular formula is C14H12N4O4. The van der Waals surface area contributed by atoms with Crippen LogP contribution in [0.15, 0.2) is 47.9 Å². The fourth-order valence-corrected chi connectivity index (χ4v) is 1.64. The third-order valence-electron chi connectivity index (χ3n) is 2.69. The number of aromatic nitrogens is 1. The largest absolute Gasteiger partial charge is 0.356 e. The first-order chi connectivity index (χ1) is 10.6. The summed E-state index contributed by atoms with van der Waals surface area (Å²) in [5.41, 5.74) is 1.35. The Morgan fingerprint density at radius 2 is 2.27 bits per heavy atom. The van der Waals surface area contributed by atoms with Crippen molar-refractivity contribution < 1.29 is 14.6 Å². The van der Waals surface area contributed by atoms with Crippen LogP contribution in [0.25, 0.3) is 0 Å². The third-order valence-corrected chi connectivity index (χ3v) is 2.69. The summed E-state index contributed by atoms with van der Waals surface area (Å²) in [7, 11) is 0. The Kier molecular flexibility index (Phi) is 4.76. The minimum absolute atomic E-state index is 0.141. The lowest BCUT2D eigenvalue weighted by atomic mass is 10.2. The zero-order valence-electron chi connectivity index (χ0n) is 11.6. The van der Waals surface area contributed by atoms with E-state index in [1.807, 2.05) is 6.07 Å². The Hall–Kier alpha value is -3.29. The van der Waals surface area contributed by atoms with Gasteiger partial charge in [-0.3, -0.25) is 19.9 Å². The minimum atomic E-state index is -0.583. The maximum atomic E-state index is 10.9. The van der Waals surface area contributed by atoms with E-state index in [-0.39, 0.29) is 17.1 Å². The number of rotatable bonds is 6. The normalized spacial score (nSPS) is 10.9. The molecule has 0 aliphatic heterocycles. The van der Waals surface area contributed by atoms with Gasteiger partial charge in [-0.1, -0.05) is 5.16 Å². The van der Waals surface area contributed by atoms with Crippen molar-refractivity contribution in [2.24, 2.45) is 5.16 Å². The maximum absolute atomic E-state index is 10.9. The zero-order chi connectivity index (χ0) is 15.9. The van der Waals surface area contributed by atoms with Crippen LogP contribution in [0.1, 0.15) is 12.5 Å². The van der Waals surface area contributed by atoms with E-state index in [0.717, 1.165) is 5.56 Å². The molecule has 0 aliphatic carbocycles. The first kappa shape index (κ1) is 15.1. The molecule has 0 saturated heterocycles. The molecule has 2 aromatic rings. The lowest BCUT2D eigenvalue weighted by molar-refractivity contribution is -0.384. The standard InChI is InChI=1S/C14H12N4O4/c1-10(11-3-2-4-15-8-11)17-22-14-6-12(16-9-19)5-13(7-14)18(20)21/h2-9H,1H3,(H,16,19). The van der Waals surface area contributed by atoms with Gasteiger partial charge in [0.1, 0.15) is 0 Å². The van der Waals surface area contributed by atoms with E-state index in [9.17, 15) is 14.9 Å². The molecule has 1 heterocycles. The predicted octanol–water partition coefficient (Wildman–Crippen LogP) is 2.36. The molecule has 0 fully saturated rings. The molecule has 0 atom stereocenters. The Labute approximate surface area is 125 Å². The number of benzene rings is 1. The van der Waals surface area contributed by atoms with Crippen molar-refractivity contribution in [2.45, 2.75) is 6.92 Å². The highest BCUT2D eigenvalue weighted by Crippen LogP contribution is 2.26. The Balaban J connectivity index is 2.25. The van der Waals surface area contributed by atoms with Crippen LogP contribution in [0.4, 0.5) is 11.4 Å². The van der Waals surface area contributed by atoms with Crippen molar-refractivity contribution in [1.82, 2.24) is 4.98 Å². The molecule has 112 valence electrons. The highest BCUT2D eigenvalue weighted by Gasteiger charge is 2.11. The quantitative estimate of drug-likeness (QED) is 0.381. The molecule has 1 N–H and O–H groups in total. The third kappa shape index (κ3) is 3.85. The number of pyridine rings is 1. The average Bonchev–Trinajstić information content (AvgIpc) is 2.53. The van der Waals surface area contributed by atoms with Crippen LogP contribution < -0.4 is 10.2 Å². The van der Waals surface area contributed by atoms with Crippen molar-refractivity contribution in [2.75, 3.05) is 5.32 Å². The SMILES string of the molecule is CC(=NOc1cc(NC=O)cc([N+](=O)[O-])c1)c1cccnc1. The smallest absolute Gasteiger partial charge is 0.275 e. The first-order valence-electron chi connectivity index (χ1n) is 6.22. The van der Waals surface area contributed by atoms with E-state index in [1.165, 1.54) is 18.2 Å². The fourth-order valence-electron chi connectivity index (χ4n) is 1.64. The number of non-ortho nitro benzene ring substituents is 1. The Morgan fingerprint density at radius 1 is 1.45 bits per heavy atom. The van der Waals surface area contributed by atoms with Crippen LogP contribution in [0.3, 0.4) is 0 Å². The van der Waals surface area contributed by atoms with Gasteiger partial charge in [0.15, 0.2) is 5.75 Å². The predicted molar refractivity (Wildman–Crippen MR) is 79.9 cm³/mol. The van der Waals surface area contributed by atoms with Crippen LogP contribution >= 0.6 is 0 Å². The Bertz CT molecular complexity index is 716. The van der Waals surface area contributed by atoms with Crippen LogP contribution in [-0.2, 0) is 4.79 Å². The van der Waals surface area contributed by atoms with Crippen molar-refractivity contribution in [3.63, 3.8) is 0 Å². The molecule has 1 aromatic carbocycles. The summed E-state index contributed by atoms with van der Waals surface area (Å²) in [6.07, 6.45) is 3.68. The minimum Gasteiger partial charge on any atom is -0.356 e. The second-order valence-electron chi connectivity index (χ2n) is 4.24. The molecule has 8 heteroatoms. The summed E-state index contributed by atoms with van der Waals surface area (Å²) in [6, 6.07) is 7.44. The molecular weight excluding hydrogens is 288 g/mol. The molecule has 2 rings (SSSR count). The average molecular weight is 300 g/mol. The monoisotopic (exact) mass is 300 g/mol. The molecule has 0 bridgehead atoms. The molecule has 1 amide bonds. The number of nitro benzene ring substituents is 1. The number of amides is 1. The van der Waals surface area contributed by atoms with Crippen LogP contribution in [0.2, 0.25) is 0 Å². The molecule has 0 unspecified atom stereocenters. The van der Waals surface area contributed by atoms with Crippen molar-refractivity contribution >= 4 is 23.5 Å². The lowest BCUT2D eigenvalue weighted by Gasteiger charge is -2.04. The van der Waals surface area contributed by atoms with Gasteiger partial charge in [-0.05, 0) is 19.1 Å². The Morgan fingerprint density at radius 3 is 2.91 bits per heavy atom. The van der Waals surface area contributed by atoms with E-state index in [2.05, 4.69) is 15.5 Å². The first-order valence-corrected chi connectivity index (χ1v) is 6.22. The molecule has 0 saturated carbocycles. The second kappa shape index (κ2) is 6.93. The van der Waals surface area contributed by atoms with Gasteiger partial charge in [0, 0.05) is 30.1 Å². The van der Waals surface area contributed by atoms with Crippen molar-refractivity contribution in [3.05, 3.63) is 58.4 Å². The number of nitro groups is 1. The zero-order valence-corrected chi connectivity index (χ0v) is 11.6. The van der Waals surface area contributed by atoms with E-state index in [1.54, 1.807) is 25.4 Å². The summed E-state index contributed by atoms with van der Waals surface area (Å²) in [6.45, 7) is 1.72. The highest BCUT2D eigenvalue weighted by molar-refractivity contribution is 5.98. The van der Waals surface area contributed by atoms with Gasteiger partial charge in [0.25, 0.3) is 5.69 Å². The van der Waals surface area contributed by atoms with Gasteiger partial charge in [0.2, 0.25) is 6.41 Å². The maximum Gasteiger partial charge on any atom is 0.275 e. The second-order valence-corrected chi connectivity index (χ2v) is 4.24. The number of hydrogen-bond acceptors (Lipinski definition) is 6. The fraction of sp³-hybridized carbons (Fsp3) is 0.0714. The molecule has 1 aromatic heterocycles. The highest BCUT2D eigenvalue weighted by atomic mass is 16.6. The lowest BCUT2D eigenvalue weighted by Crippen LogP contribution is -2.00. The van der Waals surface area contributed by atoms with Crippen LogP contribution in [0.5, 0.6) is 5.75 Å². The topological polar surface area (TPSA) is 107 Å². The number of carbonyl (C=O) groups excluding carboxylic acids is 1. The summed E-state index contributed by atoms with van der Waals surface area (Å²) >= 11 is 0. The van der Waals surface area contributed by atoms with Gasteiger partial charge in [-0.15, -0.1) is 0 Å². The number of carbonyl (C=O) groups is 1. The van der Waals surface area contributed by atoms with Gasteiger partial charge in [-0.25, -0.2) is 0 Å². The molecule has 0 radical (unpaired) electrons. The molecule has 22 heavy (non-hydrogen) atoms. The number of oxime groups is 1. The van der Waals surface area contributed by atoms with Crippen molar-refractivity contribution in [3.8, 4) is 5.75 Å². The van der Waals surface area contributed by atoms with Gasteiger partial charge >= 0.3 is 0 Å².